The van der Waals surface area contributed by atoms with Crippen LogP contribution in [0, 0.1) is 0 Å². The summed E-state index contributed by atoms with van der Waals surface area (Å²) in [4.78, 5) is 0. The molecule has 0 atom stereocenters. The third-order valence-electron chi connectivity index (χ3n) is 2.20. The Morgan fingerprint density at radius 1 is 0.857 bits per heavy atom. The molecule has 0 amide bonds. The van der Waals surface area contributed by atoms with Crippen molar-refractivity contribution < 1.29 is 26.7 Å². The van der Waals surface area contributed by atoms with Gasteiger partial charge in [-0.05, 0) is 12.8 Å². The van der Waals surface area contributed by atoms with E-state index in [2.05, 4.69) is 4.74 Å². The second-order valence-corrected chi connectivity index (χ2v) is 3.39. The summed E-state index contributed by atoms with van der Waals surface area (Å²) in [6.45, 7) is 0. The van der Waals surface area contributed by atoms with E-state index in [-0.39, 0.29) is 12.8 Å². The summed E-state index contributed by atoms with van der Waals surface area (Å²) in [6.07, 6.45) is -8.83. The van der Waals surface area contributed by atoms with Crippen molar-refractivity contribution in [1.29, 1.82) is 0 Å². The van der Waals surface area contributed by atoms with Gasteiger partial charge in [-0.2, -0.15) is 22.0 Å². The number of hydrogen-bond donors (Lipinski definition) is 0. The SMILES string of the molecule is FC(F)(F)C(F)(F)OC1CCCCC1. The van der Waals surface area contributed by atoms with Gasteiger partial charge in [0.2, 0.25) is 0 Å². The van der Waals surface area contributed by atoms with E-state index in [1.165, 1.54) is 0 Å². The molecule has 1 fully saturated rings. The van der Waals surface area contributed by atoms with Gasteiger partial charge in [0.1, 0.15) is 0 Å². The van der Waals surface area contributed by atoms with Gasteiger partial charge < -0.3 is 4.74 Å². The van der Waals surface area contributed by atoms with Gasteiger partial charge in [0.15, 0.2) is 0 Å². The molecule has 0 aromatic heterocycles. The van der Waals surface area contributed by atoms with Crippen molar-refractivity contribution in [2.45, 2.75) is 50.5 Å². The molecule has 0 aromatic carbocycles. The van der Waals surface area contributed by atoms with Crippen molar-refractivity contribution >= 4 is 0 Å². The van der Waals surface area contributed by atoms with Crippen LogP contribution in [0.3, 0.4) is 0 Å². The van der Waals surface area contributed by atoms with Crippen molar-refractivity contribution in [3.05, 3.63) is 0 Å². The maximum atomic E-state index is 12.4. The van der Waals surface area contributed by atoms with E-state index in [0.717, 1.165) is 6.42 Å². The van der Waals surface area contributed by atoms with E-state index in [9.17, 15) is 22.0 Å². The van der Waals surface area contributed by atoms with Crippen LogP contribution in [0.1, 0.15) is 32.1 Å². The van der Waals surface area contributed by atoms with E-state index in [1.54, 1.807) is 0 Å². The predicted molar refractivity (Wildman–Crippen MR) is 39.0 cm³/mol. The number of halogens is 5. The molecule has 0 aliphatic heterocycles. The summed E-state index contributed by atoms with van der Waals surface area (Å²) in [5, 5.41) is 0. The van der Waals surface area contributed by atoms with Gasteiger partial charge in [-0.1, -0.05) is 19.3 Å². The largest absolute Gasteiger partial charge is 0.482 e. The minimum absolute atomic E-state index is 0.283. The number of alkyl halides is 5. The third-order valence-corrected chi connectivity index (χ3v) is 2.20. The summed E-state index contributed by atoms with van der Waals surface area (Å²) in [5.41, 5.74) is 0. The van der Waals surface area contributed by atoms with Crippen molar-refractivity contribution in [2.75, 3.05) is 0 Å². The molecule has 1 aliphatic carbocycles. The van der Waals surface area contributed by atoms with Crippen LogP contribution in [0.25, 0.3) is 0 Å². The summed E-state index contributed by atoms with van der Waals surface area (Å²) in [5.74, 6) is 0. The average molecular weight is 218 g/mol. The molecule has 14 heavy (non-hydrogen) atoms. The van der Waals surface area contributed by atoms with Crippen molar-refractivity contribution in [2.24, 2.45) is 0 Å². The molecule has 0 saturated heterocycles. The lowest BCUT2D eigenvalue weighted by Gasteiger charge is -2.27. The Balaban J connectivity index is 2.49. The first-order valence-corrected chi connectivity index (χ1v) is 4.45. The molecule has 6 heteroatoms. The number of rotatable bonds is 2. The van der Waals surface area contributed by atoms with Crippen LogP contribution >= 0.6 is 0 Å². The molecule has 0 spiro atoms. The van der Waals surface area contributed by atoms with Gasteiger partial charge in [0.25, 0.3) is 0 Å². The second kappa shape index (κ2) is 4.00. The highest BCUT2D eigenvalue weighted by molar-refractivity contribution is 4.71. The van der Waals surface area contributed by atoms with E-state index in [0.29, 0.717) is 12.8 Å². The Morgan fingerprint density at radius 2 is 1.36 bits per heavy atom. The molecule has 0 heterocycles. The Morgan fingerprint density at radius 3 is 1.79 bits per heavy atom. The molecule has 1 rings (SSSR count). The first kappa shape index (κ1) is 11.7. The summed E-state index contributed by atoms with van der Waals surface area (Å²) in [6, 6.07) is 0. The maximum Gasteiger partial charge on any atom is 0.482 e. The van der Waals surface area contributed by atoms with Crippen LogP contribution < -0.4 is 0 Å². The zero-order valence-corrected chi connectivity index (χ0v) is 7.41. The smallest absolute Gasteiger partial charge is 0.310 e. The standard InChI is InChI=1S/C8H11F5O/c9-7(10,11)8(12,13)14-6-4-2-1-3-5-6/h6H,1-5H2. The molecule has 84 valence electrons. The highest BCUT2D eigenvalue weighted by Crippen LogP contribution is 2.39. The highest BCUT2D eigenvalue weighted by Gasteiger charge is 2.60. The van der Waals surface area contributed by atoms with Crippen LogP contribution in [0.4, 0.5) is 22.0 Å². The molecular weight excluding hydrogens is 207 g/mol. The van der Waals surface area contributed by atoms with Crippen molar-refractivity contribution in [3.8, 4) is 0 Å². The van der Waals surface area contributed by atoms with E-state index >= 15 is 0 Å². The monoisotopic (exact) mass is 218 g/mol. The Bertz CT molecular complexity index is 183. The molecule has 1 nitrogen and oxygen atoms in total. The molecule has 0 aromatic rings. The van der Waals surface area contributed by atoms with Gasteiger partial charge in [-0.25, -0.2) is 0 Å². The van der Waals surface area contributed by atoms with E-state index in [4.69, 9.17) is 0 Å². The first-order chi connectivity index (χ1) is 6.33. The summed E-state index contributed by atoms with van der Waals surface area (Å²) < 4.78 is 63.7. The van der Waals surface area contributed by atoms with Crippen LogP contribution in [0.2, 0.25) is 0 Å². The lowest BCUT2D eigenvalue weighted by atomic mass is 9.98. The molecule has 1 saturated carbocycles. The normalized spacial score (nSPS) is 21.2. The Hall–Kier alpha value is -0.390. The maximum absolute atomic E-state index is 12.4. The minimum atomic E-state index is -5.61. The van der Waals surface area contributed by atoms with Crippen molar-refractivity contribution in [1.82, 2.24) is 0 Å². The average Bonchev–Trinajstić information content (AvgIpc) is 2.03. The van der Waals surface area contributed by atoms with Crippen LogP contribution in [-0.4, -0.2) is 18.4 Å². The Kier molecular flexibility index (Phi) is 3.34. The number of hydrogen-bond acceptors (Lipinski definition) is 1. The zero-order chi connectivity index (χ0) is 10.8. The Labute approximate surface area is 78.2 Å². The fourth-order valence-corrected chi connectivity index (χ4v) is 1.46. The van der Waals surface area contributed by atoms with Crippen LogP contribution in [0.5, 0.6) is 0 Å². The quantitative estimate of drug-likeness (QED) is 0.644. The van der Waals surface area contributed by atoms with Crippen molar-refractivity contribution in [3.63, 3.8) is 0 Å². The fourth-order valence-electron chi connectivity index (χ4n) is 1.46. The summed E-state index contributed by atoms with van der Waals surface area (Å²) in [7, 11) is 0. The molecular formula is C8H11F5O. The van der Waals surface area contributed by atoms with Gasteiger partial charge in [0, 0.05) is 0 Å². The predicted octanol–water partition coefficient (Wildman–Crippen LogP) is 3.49. The topological polar surface area (TPSA) is 9.23 Å². The highest BCUT2D eigenvalue weighted by atomic mass is 19.4. The second-order valence-electron chi connectivity index (χ2n) is 3.39. The summed E-state index contributed by atoms with van der Waals surface area (Å²) >= 11 is 0. The molecule has 0 unspecified atom stereocenters. The van der Waals surface area contributed by atoms with Crippen LogP contribution in [0.15, 0.2) is 0 Å². The van der Waals surface area contributed by atoms with E-state index < -0.39 is 18.4 Å². The first-order valence-electron chi connectivity index (χ1n) is 4.45. The minimum Gasteiger partial charge on any atom is -0.310 e. The molecule has 1 aliphatic rings. The number of ether oxygens (including phenoxy) is 1. The van der Waals surface area contributed by atoms with Crippen LogP contribution in [-0.2, 0) is 4.74 Å². The molecule has 0 radical (unpaired) electrons. The van der Waals surface area contributed by atoms with Gasteiger partial charge in [-0.15, -0.1) is 0 Å². The lowest BCUT2D eigenvalue weighted by Crippen LogP contribution is -2.42. The fraction of sp³-hybridized carbons (Fsp3) is 1.00. The van der Waals surface area contributed by atoms with Gasteiger partial charge in [0.05, 0.1) is 6.10 Å². The van der Waals surface area contributed by atoms with Gasteiger partial charge in [-0.3, -0.25) is 0 Å². The van der Waals surface area contributed by atoms with Gasteiger partial charge >= 0.3 is 12.3 Å². The third kappa shape index (κ3) is 2.80. The molecule has 0 N–H and O–H groups in total. The lowest BCUT2D eigenvalue weighted by molar-refractivity contribution is -0.403. The zero-order valence-electron chi connectivity index (χ0n) is 7.41. The molecule has 0 bridgehead atoms. The van der Waals surface area contributed by atoms with E-state index in [1.807, 2.05) is 0 Å².